The number of carboxylic acids is 2. The molecule has 11 nitrogen and oxygen atoms in total. The number of fused-ring (bicyclic) bond motifs is 1. The number of nitrogens with one attached hydrogen (secondary N) is 2. The van der Waals surface area contributed by atoms with Crippen molar-refractivity contribution in [3.63, 3.8) is 0 Å². The molecule has 2 heterocycles. The molecule has 252 valence electrons. The third kappa shape index (κ3) is 10.3. The molecule has 14 heteroatoms. The number of amides is 1. The highest BCUT2D eigenvalue weighted by Gasteiger charge is 2.30. The Hall–Kier alpha value is -4.98. The molecule has 47 heavy (non-hydrogen) atoms. The molecule has 5 N–H and O–H groups in total. The van der Waals surface area contributed by atoms with Crippen molar-refractivity contribution in [2.75, 3.05) is 7.11 Å². The second-order valence-corrected chi connectivity index (χ2v) is 10.8. The van der Waals surface area contributed by atoms with Gasteiger partial charge in [-0.3, -0.25) is 14.9 Å². The number of aromatic nitrogens is 1. The number of benzene rings is 2. The van der Waals surface area contributed by atoms with Crippen LogP contribution in [0.4, 0.5) is 13.2 Å². The molecule has 1 atom stereocenters. The van der Waals surface area contributed by atoms with Crippen molar-refractivity contribution in [1.29, 1.82) is 0 Å². The van der Waals surface area contributed by atoms with E-state index in [2.05, 4.69) is 15.3 Å². The molecule has 0 aliphatic carbocycles. The molecular formula is C33H37F3N4O7. The SMILES string of the molecule is CCC(=O)CCCCC[C@H](NC(=O)Cc1c(C)[nH]c2ccc(OC)cc12)C1=NC=C(c2ccccc2C(=O)O)[NH2+]1.O=C([O-])C(F)(F)F. The third-order valence-corrected chi connectivity index (χ3v) is 7.56. The number of nitrogens with zero attached hydrogens (tertiary/aromatic N) is 1. The van der Waals surface area contributed by atoms with Crippen LogP contribution in [0.3, 0.4) is 0 Å². The summed E-state index contributed by atoms with van der Waals surface area (Å²) in [5, 5.41) is 24.4. The summed E-state index contributed by atoms with van der Waals surface area (Å²) < 4.78 is 36.9. The first kappa shape index (κ1) is 36.5. The van der Waals surface area contributed by atoms with E-state index in [1.807, 2.05) is 37.4 Å². The summed E-state index contributed by atoms with van der Waals surface area (Å²) in [7, 11) is 1.62. The number of halogens is 3. The lowest BCUT2D eigenvalue weighted by Crippen LogP contribution is -2.87. The molecule has 0 spiro atoms. The fraction of sp³-hybridized carbons (Fsp3) is 0.364. The van der Waals surface area contributed by atoms with Crippen LogP contribution in [0.5, 0.6) is 5.75 Å². The molecule has 3 aromatic rings. The maximum absolute atomic E-state index is 13.4. The topological polar surface area (TPSA) is 178 Å². The fourth-order valence-electron chi connectivity index (χ4n) is 5.08. The van der Waals surface area contributed by atoms with Gasteiger partial charge in [-0.25, -0.2) is 9.79 Å². The van der Waals surface area contributed by atoms with Crippen molar-refractivity contribution in [2.45, 2.75) is 71.0 Å². The van der Waals surface area contributed by atoms with Crippen molar-refractivity contribution in [3.05, 3.63) is 71.0 Å². The quantitative estimate of drug-likeness (QED) is 0.192. The van der Waals surface area contributed by atoms with Crippen LogP contribution in [0.25, 0.3) is 16.6 Å². The van der Waals surface area contributed by atoms with E-state index in [9.17, 15) is 32.7 Å². The number of unbranched alkanes of at least 4 members (excludes halogenated alkanes) is 2. The maximum Gasteiger partial charge on any atom is 0.430 e. The molecular weight excluding hydrogens is 621 g/mol. The number of aryl methyl sites for hydroxylation is 1. The van der Waals surface area contributed by atoms with Gasteiger partial charge in [0.1, 0.15) is 23.5 Å². The number of methoxy groups -OCH3 is 1. The molecule has 1 amide bonds. The van der Waals surface area contributed by atoms with E-state index in [4.69, 9.17) is 14.6 Å². The lowest BCUT2D eigenvalue weighted by molar-refractivity contribution is -0.434. The first-order valence-corrected chi connectivity index (χ1v) is 14.9. The number of aromatic carboxylic acids is 1. The number of ether oxygens (including phenoxy) is 1. The zero-order chi connectivity index (χ0) is 34.7. The number of carbonyl (C=O) groups excluding carboxylic acids is 3. The number of amidine groups is 1. The maximum atomic E-state index is 13.4. The summed E-state index contributed by atoms with van der Waals surface area (Å²) in [6.45, 7) is 3.83. The lowest BCUT2D eigenvalue weighted by atomic mass is 10.0. The lowest BCUT2D eigenvalue weighted by Gasteiger charge is -2.17. The summed E-state index contributed by atoms with van der Waals surface area (Å²) >= 11 is 0. The van der Waals surface area contributed by atoms with Crippen LogP contribution in [0.2, 0.25) is 0 Å². The van der Waals surface area contributed by atoms with Gasteiger partial charge in [0.05, 0.1) is 30.9 Å². The zero-order valence-corrected chi connectivity index (χ0v) is 26.2. The van der Waals surface area contributed by atoms with Crippen LogP contribution in [0.15, 0.2) is 53.7 Å². The molecule has 0 saturated heterocycles. The number of aliphatic imine (C=N–C) groups is 1. The number of H-pyrrole nitrogens is 1. The van der Waals surface area contributed by atoms with Crippen molar-refractivity contribution < 1.29 is 52.6 Å². The minimum Gasteiger partial charge on any atom is -0.542 e. The van der Waals surface area contributed by atoms with Gasteiger partial charge in [-0.1, -0.05) is 31.9 Å². The molecule has 0 saturated carbocycles. The first-order chi connectivity index (χ1) is 22.2. The van der Waals surface area contributed by atoms with Crippen LogP contribution in [0, 0.1) is 6.92 Å². The van der Waals surface area contributed by atoms with Gasteiger partial charge in [0, 0.05) is 29.4 Å². The predicted octanol–water partition coefficient (Wildman–Crippen LogP) is 3.41. The average Bonchev–Trinajstić information content (AvgIpc) is 3.64. The summed E-state index contributed by atoms with van der Waals surface area (Å²) in [5.41, 5.74) is 4.26. The van der Waals surface area contributed by atoms with Gasteiger partial charge in [-0.15, -0.1) is 0 Å². The number of rotatable bonds is 14. The smallest absolute Gasteiger partial charge is 0.430 e. The summed E-state index contributed by atoms with van der Waals surface area (Å²) in [5.74, 6) is -2.47. The highest BCUT2D eigenvalue weighted by molar-refractivity contribution is 5.97. The van der Waals surface area contributed by atoms with Crippen LogP contribution < -0.4 is 20.5 Å². The Morgan fingerprint density at radius 3 is 2.45 bits per heavy atom. The number of aliphatic carboxylic acids is 1. The van der Waals surface area contributed by atoms with Gasteiger partial charge < -0.3 is 30.0 Å². The summed E-state index contributed by atoms with van der Waals surface area (Å²) in [6, 6.07) is 12.2. The zero-order valence-electron chi connectivity index (χ0n) is 26.2. The number of ketones is 1. The number of alkyl halides is 3. The number of hydrogen-bond donors (Lipinski definition) is 4. The van der Waals surface area contributed by atoms with Crippen LogP contribution in [0.1, 0.15) is 72.6 Å². The Kier molecular flexibility index (Phi) is 12.8. The minimum atomic E-state index is -5.19. The van der Waals surface area contributed by atoms with Crippen molar-refractivity contribution in [3.8, 4) is 5.75 Å². The summed E-state index contributed by atoms with van der Waals surface area (Å²) in [6.07, 6.45) is 0.937. The second-order valence-electron chi connectivity index (χ2n) is 10.8. The van der Waals surface area contributed by atoms with Crippen molar-refractivity contribution >= 4 is 46.1 Å². The molecule has 2 aromatic carbocycles. The van der Waals surface area contributed by atoms with Crippen LogP contribution in [-0.4, -0.2) is 58.9 Å². The van der Waals surface area contributed by atoms with E-state index >= 15 is 0 Å². The molecule has 1 aliphatic rings. The first-order valence-electron chi connectivity index (χ1n) is 14.9. The molecule has 1 aromatic heterocycles. The van der Waals surface area contributed by atoms with Gasteiger partial charge in [0.2, 0.25) is 11.7 Å². The Balaban J connectivity index is 0.000000771. The summed E-state index contributed by atoms with van der Waals surface area (Å²) in [4.78, 5) is 53.5. The van der Waals surface area contributed by atoms with Gasteiger partial charge in [-0.05, 0) is 55.7 Å². The number of carbonyl (C=O) groups is 4. The molecule has 1 aliphatic heterocycles. The second kappa shape index (κ2) is 16.5. The fourth-order valence-corrected chi connectivity index (χ4v) is 5.08. The average molecular weight is 659 g/mol. The largest absolute Gasteiger partial charge is 0.542 e. The molecule has 0 fully saturated rings. The van der Waals surface area contributed by atoms with E-state index < -0.39 is 18.1 Å². The van der Waals surface area contributed by atoms with E-state index in [-0.39, 0.29) is 29.7 Å². The number of aromatic amines is 1. The number of carboxylic acid groups (broad SMARTS) is 2. The number of nitrogens with two attached hydrogens (primary N) is 1. The molecule has 0 bridgehead atoms. The number of quaternary nitrogens is 1. The number of hydrogen-bond acceptors (Lipinski definition) is 7. The van der Waals surface area contributed by atoms with Gasteiger partial charge in [0.25, 0.3) is 0 Å². The monoisotopic (exact) mass is 658 g/mol. The van der Waals surface area contributed by atoms with Gasteiger partial charge >= 0.3 is 12.1 Å². The van der Waals surface area contributed by atoms with Gasteiger partial charge in [0.15, 0.2) is 5.70 Å². The van der Waals surface area contributed by atoms with E-state index in [1.165, 1.54) is 0 Å². The third-order valence-electron chi connectivity index (χ3n) is 7.56. The normalized spacial score (nSPS) is 13.2. The van der Waals surface area contributed by atoms with E-state index in [0.717, 1.165) is 47.2 Å². The van der Waals surface area contributed by atoms with Crippen molar-refractivity contribution in [1.82, 2.24) is 10.3 Å². The number of Topliss-reactive ketones (excluding diaryl/α,β-unsaturated/α-hetero) is 1. The van der Waals surface area contributed by atoms with Crippen LogP contribution in [-0.2, 0) is 20.8 Å². The predicted molar refractivity (Wildman–Crippen MR) is 165 cm³/mol. The Morgan fingerprint density at radius 1 is 1.11 bits per heavy atom. The molecule has 4 rings (SSSR count). The standard InChI is InChI=1S/C31H36N4O5.C2HF3O2/c1-4-20(36)10-6-5-7-13-27(30-32-18-28(35-30)22-11-8-9-12-23(22)31(38)39)34-29(37)17-24-19(2)33-26-15-14-21(40-3)16-25(24)26;3-2(4,5)1(6)7/h8-9,11-12,14-16,18,27,33H,4-7,10,13,17H2,1-3H3,(H,32,35)(H,34,37)(H,38,39);(H,6,7)/t27-;/m0./s1. The van der Waals surface area contributed by atoms with Crippen molar-refractivity contribution in [2.24, 2.45) is 4.99 Å². The molecule has 0 unspecified atom stereocenters. The highest BCUT2D eigenvalue weighted by atomic mass is 19.4. The van der Waals surface area contributed by atoms with E-state index in [0.29, 0.717) is 36.4 Å². The minimum absolute atomic E-state index is 0.131. The highest BCUT2D eigenvalue weighted by Crippen LogP contribution is 2.27. The molecule has 0 radical (unpaired) electrons. The Morgan fingerprint density at radius 2 is 1.81 bits per heavy atom. The Labute approximate surface area is 268 Å². The van der Waals surface area contributed by atoms with Crippen LogP contribution >= 0.6 is 0 Å². The van der Waals surface area contributed by atoms with Gasteiger partial charge in [-0.2, -0.15) is 13.2 Å². The van der Waals surface area contributed by atoms with E-state index in [1.54, 1.807) is 37.6 Å². The Bertz CT molecular complexity index is 1680.